The fraction of sp³-hybridized carbons (Fsp3) is 0.0833. The Morgan fingerprint density at radius 2 is 2.11 bits per heavy atom. The van der Waals surface area contributed by atoms with Crippen LogP contribution in [0.25, 0.3) is 0 Å². The molecule has 6 nitrogen and oxygen atoms in total. The van der Waals surface area contributed by atoms with Crippen molar-refractivity contribution >= 4 is 11.6 Å². The van der Waals surface area contributed by atoms with Crippen LogP contribution >= 0.6 is 0 Å². The van der Waals surface area contributed by atoms with E-state index in [-0.39, 0.29) is 23.4 Å². The minimum absolute atomic E-state index is 0.105. The molecule has 1 heterocycles. The van der Waals surface area contributed by atoms with E-state index in [0.29, 0.717) is 0 Å². The van der Waals surface area contributed by atoms with Crippen molar-refractivity contribution in [2.75, 3.05) is 5.73 Å². The van der Waals surface area contributed by atoms with E-state index in [9.17, 15) is 14.0 Å². The Labute approximate surface area is 107 Å². The predicted octanol–water partition coefficient (Wildman–Crippen LogP) is 0.112. The summed E-state index contributed by atoms with van der Waals surface area (Å²) in [6, 6.07) is 4.88. The number of anilines is 1. The van der Waals surface area contributed by atoms with Crippen molar-refractivity contribution in [3.05, 3.63) is 57.8 Å². The lowest BCUT2D eigenvalue weighted by Gasteiger charge is -2.07. The standard InChI is InChI=1S/C12H11FN4O2/c13-10-2-1-7(12(15)19)3-8(10)6-17-11(18)4-9(14)5-16-17/h1-5H,6,14H2,(H2,15,19). The van der Waals surface area contributed by atoms with Crippen LogP contribution in [0.4, 0.5) is 10.1 Å². The first-order chi connectivity index (χ1) is 8.97. The molecule has 0 unspecified atom stereocenters. The molecule has 0 aliphatic carbocycles. The first-order valence-electron chi connectivity index (χ1n) is 5.38. The summed E-state index contributed by atoms with van der Waals surface area (Å²) in [5.74, 6) is -1.21. The van der Waals surface area contributed by atoms with Gasteiger partial charge in [-0.3, -0.25) is 9.59 Å². The van der Waals surface area contributed by atoms with Crippen LogP contribution in [0, 0.1) is 5.82 Å². The van der Waals surface area contributed by atoms with E-state index in [1.165, 1.54) is 24.4 Å². The molecule has 2 aromatic rings. The van der Waals surface area contributed by atoms with E-state index in [1.54, 1.807) is 0 Å². The van der Waals surface area contributed by atoms with Gasteiger partial charge in [-0.25, -0.2) is 9.07 Å². The summed E-state index contributed by atoms with van der Waals surface area (Å²) in [5, 5.41) is 3.79. The van der Waals surface area contributed by atoms with E-state index in [2.05, 4.69) is 5.10 Å². The Morgan fingerprint density at radius 1 is 1.37 bits per heavy atom. The number of rotatable bonds is 3. The van der Waals surface area contributed by atoms with E-state index < -0.39 is 17.3 Å². The monoisotopic (exact) mass is 262 g/mol. The zero-order chi connectivity index (χ0) is 14.0. The van der Waals surface area contributed by atoms with E-state index in [4.69, 9.17) is 11.5 Å². The molecule has 0 aliphatic rings. The van der Waals surface area contributed by atoms with Crippen LogP contribution in [0.2, 0.25) is 0 Å². The topological polar surface area (TPSA) is 104 Å². The van der Waals surface area contributed by atoms with Crippen molar-refractivity contribution in [2.45, 2.75) is 6.54 Å². The number of aromatic nitrogens is 2. The first-order valence-corrected chi connectivity index (χ1v) is 5.38. The average Bonchev–Trinajstić information content (AvgIpc) is 2.34. The summed E-state index contributed by atoms with van der Waals surface area (Å²) in [6.07, 6.45) is 1.29. The molecule has 0 saturated carbocycles. The number of halogens is 1. The fourth-order valence-electron chi connectivity index (χ4n) is 1.58. The second kappa shape index (κ2) is 4.89. The normalized spacial score (nSPS) is 10.4. The number of nitrogens with two attached hydrogens (primary N) is 2. The summed E-state index contributed by atoms with van der Waals surface area (Å²) in [6.45, 7) is -0.105. The highest BCUT2D eigenvalue weighted by atomic mass is 19.1. The summed E-state index contributed by atoms with van der Waals surface area (Å²) in [5.41, 5.74) is 10.6. The number of hydrogen-bond donors (Lipinski definition) is 2. The van der Waals surface area contributed by atoms with Crippen LogP contribution < -0.4 is 17.0 Å². The van der Waals surface area contributed by atoms with Crippen LogP contribution in [-0.4, -0.2) is 15.7 Å². The van der Waals surface area contributed by atoms with E-state index in [1.807, 2.05) is 0 Å². The predicted molar refractivity (Wildman–Crippen MR) is 66.9 cm³/mol. The van der Waals surface area contributed by atoms with Gasteiger partial charge in [-0.2, -0.15) is 5.10 Å². The number of carbonyl (C=O) groups is 1. The Bertz CT molecular complexity index is 696. The minimum Gasteiger partial charge on any atom is -0.397 e. The van der Waals surface area contributed by atoms with Gasteiger partial charge in [0.2, 0.25) is 5.91 Å². The van der Waals surface area contributed by atoms with Gasteiger partial charge in [0.15, 0.2) is 0 Å². The van der Waals surface area contributed by atoms with Gasteiger partial charge in [-0.1, -0.05) is 0 Å². The number of amides is 1. The Balaban J connectivity index is 2.40. The largest absolute Gasteiger partial charge is 0.397 e. The van der Waals surface area contributed by atoms with Gasteiger partial charge in [-0.15, -0.1) is 0 Å². The summed E-state index contributed by atoms with van der Waals surface area (Å²) in [7, 11) is 0. The molecule has 0 radical (unpaired) electrons. The molecule has 1 aromatic carbocycles. The van der Waals surface area contributed by atoms with Crippen LogP contribution in [0.5, 0.6) is 0 Å². The smallest absolute Gasteiger partial charge is 0.269 e. The lowest BCUT2D eigenvalue weighted by molar-refractivity contribution is 0.1000. The number of benzene rings is 1. The fourth-order valence-corrected chi connectivity index (χ4v) is 1.58. The molecular formula is C12H11FN4O2. The third-order valence-electron chi connectivity index (χ3n) is 2.54. The Morgan fingerprint density at radius 3 is 2.74 bits per heavy atom. The van der Waals surface area contributed by atoms with Gasteiger partial charge in [-0.05, 0) is 18.2 Å². The van der Waals surface area contributed by atoms with Crippen molar-refractivity contribution < 1.29 is 9.18 Å². The highest BCUT2D eigenvalue weighted by Crippen LogP contribution is 2.11. The van der Waals surface area contributed by atoms with Gasteiger partial charge in [0.1, 0.15) is 5.82 Å². The van der Waals surface area contributed by atoms with Gasteiger partial charge in [0.25, 0.3) is 5.56 Å². The molecular weight excluding hydrogens is 251 g/mol. The maximum absolute atomic E-state index is 13.6. The van der Waals surface area contributed by atoms with Gasteiger partial charge < -0.3 is 11.5 Å². The zero-order valence-corrected chi connectivity index (χ0v) is 9.84. The lowest BCUT2D eigenvalue weighted by atomic mass is 10.1. The summed E-state index contributed by atoms with van der Waals surface area (Å²) in [4.78, 5) is 22.6. The maximum Gasteiger partial charge on any atom is 0.269 e. The Kier molecular flexibility index (Phi) is 3.28. The van der Waals surface area contributed by atoms with Crippen molar-refractivity contribution in [3.63, 3.8) is 0 Å². The second-order valence-corrected chi connectivity index (χ2v) is 3.96. The van der Waals surface area contributed by atoms with Crippen molar-refractivity contribution in [1.82, 2.24) is 9.78 Å². The van der Waals surface area contributed by atoms with Crippen molar-refractivity contribution in [3.8, 4) is 0 Å². The van der Waals surface area contributed by atoms with Gasteiger partial charge >= 0.3 is 0 Å². The minimum atomic E-state index is -0.668. The molecule has 0 atom stereocenters. The molecule has 4 N–H and O–H groups in total. The maximum atomic E-state index is 13.6. The highest BCUT2D eigenvalue weighted by molar-refractivity contribution is 5.92. The third kappa shape index (κ3) is 2.76. The molecule has 1 aromatic heterocycles. The summed E-state index contributed by atoms with van der Waals surface area (Å²) < 4.78 is 14.7. The molecule has 0 aliphatic heterocycles. The zero-order valence-electron chi connectivity index (χ0n) is 9.84. The van der Waals surface area contributed by atoms with Gasteiger partial charge in [0.05, 0.1) is 18.4 Å². The van der Waals surface area contributed by atoms with Crippen molar-refractivity contribution in [2.24, 2.45) is 5.73 Å². The summed E-state index contributed by atoms with van der Waals surface area (Å²) >= 11 is 0. The van der Waals surface area contributed by atoms with Crippen LogP contribution in [0.15, 0.2) is 35.3 Å². The highest BCUT2D eigenvalue weighted by Gasteiger charge is 2.09. The number of carbonyl (C=O) groups excluding carboxylic acids is 1. The molecule has 7 heteroatoms. The molecule has 19 heavy (non-hydrogen) atoms. The molecule has 98 valence electrons. The molecule has 0 fully saturated rings. The third-order valence-corrected chi connectivity index (χ3v) is 2.54. The molecule has 0 bridgehead atoms. The Hall–Kier alpha value is -2.70. The van der Waals surface area contributed by atoms with Crippen LogP contribution in [-0.2, 0) is 6.54 Å². The van der Waals surface area contributed by atoms with E-state index in [0.717, 1.165) is 10.7 Å². The first kappa shape index (κ1) is 12.7. The molecule has 2 rings (SSSR count). The quantitative estimate of drug-likeness (QED) is 0.819. The number of primary amides is 1. The number of hydrogen-bond acceptors (Lipinski definition) is 4. The number of nitrogen functional groups attached to an aromatic ring is 1. The second-order valence-electron chi connectivity index (χ2n) is 3.96. The lowest BCUT2D eigenvalue weighted by Crippen LogP contribution is -2.23. The SMILES string of the molecule is NC(=O)c1ccc(F)c(Cn2ncc(N)cc2=O)c1. The van der Waals surface area contributed by atoms with Gasteiger partial charge in [0, 0.05) is 17.2 Å². The molecule has 1 amide bonds. The average molecular weight is 262 g/mol. The van der Waals surface area contributed by atoms with E-state index >= 15 is 0 Å². The number of nitrogens with zero attached hydrogens (tertiary/aromatic N) is 2. The van der Waals surface area contributed by atoms with Crippen LogP contribution in [0.1, 0.15) is 15.9 Å². The van der Waals surface area contributed by atoms with Crippen LogP contribution in [0.3, 0.4) is 0 Å². The van der Waals surface area contributed by atoms with Crippen molar-refractivity contribution in [1.29, 1.82) is 0 Å². The molecule has 0 saturated heterocycles. The molecule has 0 spiro atoms.